The van der Waals surface area contributed by atoms with Crippen molar-refractivity contribution in [3.8, 4) is 0 Å². The highest BCUT2D eigenvalue weighted by molar-refractivity contribution is 7.66. The van der Waals surface area contributed by atoms with Crippen LogP contribution in [-0.2, 0) is 31.6 Å². The number of aromatic amines is 1. The first-order valence-corrected chi connectivity index (χ1v) is 13.0. The van der Waals surface area contributed by atoms with Crippen molar-refractivity contribution in [1.82, 2.24) is 4.98 Å². The second-order valence-electron chi connectivity index (χ2n) is 6.44. The minimum atomic E-state index is -5.73. The molecule has 0 bridgehead atoms. The van der Waals surface area contributed by atoms with Gasteiger partial charge < -0.3 is 45.2 Å². The van der Waals surface area contributed by atoms with Crippen LogP contribution in [0.2, 0.25) is 0 Å². The molecule has 1 saturated heterocycles. The number of hydrogen-bond donors (Lipinski definition) is 8. The number of rotatable bonds is 10. The second-order valence-corrected chi connectivity index (χ2v) is 10.9. The SMILES string of the molecule is C=C(CN)c1c[nH]c(=O)c([C@@H]2O[C@H](COP(=O)(O)OP(=O)(O)OP(=O)(O)O)[C@@H](O)[C@H]2O)c1. The van der Waals surface area contributed by atoms with Crippen LogP contribution in [0, 0.1) is 0 Å². The van der Waals surface area contributed by atoms with Gasteiger partial charge in [-0.25, -0.2) is 13.7 Å². The third-order valence-electron chi connectivity index (χ3n) is 4.07. The lowest BCUT2D eigenvalue weighted by Gasteiger charge is -2.19. The van der Waals surface area contributed by atoms with E-state index < -0.39 is 60.1 Å². The van der Waals surface area contributed by atoms with E-state index in [2.05, 4.69) is 24.7 Å². The fourth-order valence-electron chi connectivity index (χ4n) is 2.65. The molecule has 6 atom stereocenters. The van der Waals surface area contributed by atoms with E-state index in [-0.39, 0.29) is 12.1 Å². The number of H-pyrrole nitrogens is 1. The molecule has 0 spiro atoms. The van der Waals surface area contributed by atoms with Crippen molar-refractivity contribution in [3.05, 3.63) is 40.3 Å². The highest BCUT2D eigenvalue weighted by Gasteiger charge is 2.47. The molecule has 0 radical (unpaired) electrons. The number of ether oxygens (including phenoxy) is 1. The fraction of sp³-hybridized carbons (Fsp3) is 0.462. The van der Waals surface area contributed by atoms with Gasteiger partial charge >= 0.3 is 23.5 Å². The molecule has 1 aromatic rings. The Hall–Kier alpha value is -1.06. The molecule has 19 heteroatoms. The van der Waals surface area contributed by atoms with Crippen LogP contribution in [0.3, 0.4) is 0 Å². The molecule has 2 rings (SSSR count). The molecule has 1 fully saturated rings. The molecule has 2 heterocycles. The van der Waals surface area contributed by atoms with Crippen molar-refractivity contribution < 1.29 is 61.4 Å². The summed E-state index contributed by atoms with van der Waals surface area (Å²) in [6.07, 6.45) is -5.04. The lowest BCUT2D eigenvalue weighted by molar-refractivity contribution is -0.0226. The lowest BCUT2D eigenvalue weighted by Crippen LogP contribution is -2.33. The predicted octanol–water partition coefficient (Wildman–Crippen LogP) is -1.15. The Kier molecular flexibility index (Phi) is 8.54. The number of hydrogen-bond acceptors (Lipinski definition) is 11. The second kappa shape index (κ2) is 10.1. The van der Waals surface area contributed by atoms with Crippen LogP contribution in [0.1, 0.15) is 17.2 Å². The van der Waals surface area contributed by atoms with Crippen molar-refractivity contribution in [2.24, 2.45) is 5.73 Å². The number of nitrogens with two attached hydrogens (primary N) is 1. The molecular formula is C13H21N2O14P3. The average molecular weight is 522 g/mol. The number of phosphoric acid groups is 3. The van der Waals surface area contributed by atoms with E-state index in [9.17, 15) is 33.6 Å². The molecule has 32 heavy (non-hydrogen) atoms. The maximum atomic E-state index is 12.2. The number of aliphatic hydroxyl groups excluding tert-OH is 2. The summed E-state index contributed by atoms with van der Waals surface area (Å²) in [6.45, 7) is 2.75. The summed E-state index contributed by atoms with van der Waals surface area (Å²) in [5, 5.41) is 20.4. The summed E-state index contributed by atoms with van der Waals surface area (Å²) in [6, 6.07) is 1.32. The summed E-state index contributed by atoms with van der Waals surface area (Å²) in [4.78, 5) is 50.1. The van der Waals surface area contributed by atoms with Gasteiger partial charge in [-0.05, 0) is 17.2 Å². The Morgan fingerprint density at radius 2 is 1.75 bits per heavy atom. The minimum absolute atomic E-state index is 0.0604. The molecule has 1 aromatic heterocycles. The Bertz CT molecular complexity index is 1050. The van der Waals surface area contributed by atoms with E-state index in [0.717, 1.165) is 0 Å². The first-order chi connectivity index (χ1) is 14.6. The van der Waals surface area contributed by atoms with Gasteiger partial charge in [-0.2, -0.15) is 8.62 Å². The molecule has 0 amide bonds. The van der Waals surface area contributed by atoms with E-state index in [1.165, 1.54) is 12.3 Å². The first-order valence-electron chi connectivity index (χ1n) is 8.46. The van der Waals surface area contributed by atoms with Crippen LogP contribution < -0.4 is 11.3 Å². The fourth-order valence-corrected chi connectivity index (χ4v) is 5.68. The number of aromatic nitrogens is 1. The van der Waals surface area contributed by atoms with Crippen LogP contribution in [0.4, 0.5) is 0 Å². The summed E-state index contributed by atoms with van der Waals surface area (Å²) >= 11 is 0. The zero-order valence-electron chi connectivity index (χ0n) is 16.0. The molecular weight excluding hydrogens is 501 g/mol. The molecule has 9 N–H and O–H groups in total. The maximum Gasteiger partial charge on any atom is 0.490 e. The standard InChI is InChI=1S/C13H21N2O14P3/c1-6(3-14)7-2-8(13(18)15-4-7)12-11(17)10(16)9(27-12)5-26-31(22,23)29-32(24,25)28-30(19,20)21/h2,4,9-12,16-17H,1,3,5,14H2,(H,15,18)(H,22,23)(H,24,25)(H2,19,20,21)/t9-,10-,11-,12+/m1/s1. The predicted molar refractivity (Wildman–Crippen MR) is 105 cm³/mol. The van der Waals surface area contributed by atoms with Crippen molar-refractivity contribution in [1.29, 1.82) is 0 Å². The van der Waals surface area contributed by atoms with Crippen LogP contribution in [0.5, 0.6) is 0 Å². The maximum absolute atomic E-state index is 12.2. The van der Waals surface area contributed by atoms with E-state index >= 15 is 0 Å². The largest absolute Gasteiger partial charge is 0.490 e. The first kappa shape index (κ1) is 27.2. The van der Waals surface area contributed by atoms with Gasteiger partial charge in [0.1, 0.15) is 24.4 Å². The van der Waals surface area contributed by atoms with E-state index in [0.29, 0.717) is 11.1 Å². The van der Waals surface area contributed by atoms with Crippen molar-refractivity contribution >= 4 is 29.0 Å². The van der Waals surface area contributed by atoms with Crippen LogP contribution in [0.25, 0.3) is 5.57 Å². The van der Waals surface area contributed by atoms with Gasteiger partial charge in [0, 0.05) is 18.3 Å². The third-order valence-corrected chi connectivity index (χ3v) is 7.88. The van der Waals surface area contributed by atoms with Crippen molar-refractivity contribution in [2.45, 2.75) is 24.4 Å². The normalized spacial score (nSPS) is 27.6. The Morgan fingerprint density at radius 3 is 2.31 bits per heavy atom. The summed E-state index contributed by atoms with van der Waals surface area (Å²) in [7, 11) is -16.8. The van der Waals surface area contributed by atoms with Gasteiger partial charge in [0.15, 0.2) is 0 Å². The molecule has 16 nitrogen and oxygen atoms in total. The quantitative estimate of drug-likeness (QED) is 0.169. The van der Waals surface area contributed by atoms with E-state index in [1.54, 1.807) is 0 Å². The minimum Gasteiger partial charge on any atom is -0.387 e. The van der Waals surface area contributed by atoms with Crippen LogP contribution in [-0.4, -0.2) is 66.2 Å². The van der Waals surface area contributed by atoms with Gasteiger partial charge in [-0.15, -0.1) is 0 Å². The van der Waals surface area contributed by atoms with Gasteiger partial charge in [0.25, 0.3) is 5.56 Å². The smallest absolute Gasteiger partial charge is 0.387 e. The number of aliphatic hydroxyl groups is 2. The van der Waals surface area contributed by atoms with Gasteiger partial charge in [-0.1, -0.05) is 6.58 Å². The number of phosphoric ester groups is 1. The van der Waals surface area contributed by atoms with Crippen molar-refractivity contribution in [3.63, 3.8) is 0 Å². The monoisotopic (exact) mass is 522 g/mol. The van der Waals surface area contributed by atoms with Crippen molar-refractivity contribution in [2.75, 3.05) is 13.2 Å². The topological polar surface area (TPSA) is 268 Å². The summed E-state index contributed by atoms with van der Waals surface area (Å²) < 4.78 is 50.6. The van der Waals surface area contributed by atoms with E-state index in [1.807, 2.05) is 0 Å². The molecule has 2 unspecified atom stereocenters. The molecule has 0 aromatic carbocycles. The summed E-state index contributed by atoms with van der Waals surface area (Å²) in [5.74, 6) is 0. The third kappa shape index (κ3) is 7.22. The van der Waals surface area contributed by atoms with Gasteiger partial charge in [0.05, 0.1) is 6.61 Å². The highest BCUT2D eigenvalue weighted by Crippen LogP contribution is 2.66. The van der Waals surface area contributed by atoms with Gasteiger partial charge in [0.2, 0.25) is 0 Å². The molecule has 1 aliphatic rings. The molecule has 1 aliphatic heterocycles. The van der Waals surface area contributed by atoms with E-state index in [4.69, 9.17) is 25.2 Å². The average Bonchev–Trinajstić information content (AvgIpc) is 2.91. The zero-order chi connectivity index (χ0) is 24.5. The highest BCUT2D eigenvalue weighted by atomic mass is 31.3. The lowest BCUT2D eigenvalue weighted by atomic mass is 10.00. The zero-order valence-corrected chi connectivity index (χ0v) is 18.6. The summed E-state index contributed by atoms with van der Waals surface area (Å²) in [5.41, 5.74) is 5.56. The molecule has 0 saturated carbocycles. The molecule has 0 aliphatic carbocycles. The van der Waals surface area contributed by atoms with Crippen LogP contribution in [0.15, 0.2) is 23.6 Å². The Labute approximate surface area is 179 Å². The molecule has 182 valence electrons. The Balaban J connectivity index is 2.12. The number of pyridine rings is 1. The Morgan fingerprint density at radius 1 is 1.12 bits per heavy atom. The van der Waals surface area contributed by atoms with Gasteiger partial charge in [-0.3, -0.25) is 9.32 Å². The van der Waals surface area contributed by atoms with Crippen LogP contribution >= 0.6 is 23.5 Å². The number of nitrogens with one attached hydrogen (secondary N) is 1.